The first kappa shape index (κ1) is 27.7. The molecule has 1 aliphatic carbocycles. The van der Waals surface area contributed by atoms with Crippen molar-refractivity contribution >= 4 is 23.4 Å². The molecule has 0 radical (unpaired) electrons. The molecule has 1 atom stereocenters. The lowest BCUT2D eigenvalue weighted by molar-refractivity contribution is -0.141. The largest absolute Gasteiger partial charge is 0.494 e. The van der Waals surface area contributed by atoms with Gasteiger partial charge in [-0.3, -0.25) is 9.59 Å². The Labute approximate surface area is 231 Å². The number of hydrogen-bond donors (Lipinski definition) is 1. The second kappa shape index (κ2) is 14.6. The lowest BCUT2D eigenvalue weighted by atomic mass is 9.94. The lowest BCUT2D eigenvalue weighted by Gasteiger charge is -2.33. The summed E-state index contributed by atoms with van der Waals surface area (Å²) < 4.78 is 5.81. The number of benzene rings is 3. The van der Waals surface area contributed by atoms with Crippen molar-refractivity contribution in [2.45, 2.75) is 70.0 Å². The van der Waals surface area contributed by atoms with Gasteiger partial charge < -0.3 is 15.0 Å². The van der Waals surface area contributed by atoms with Crippen LogP contribution < -0.4 is 10.1 Å². The van der Waals surface area contributed by atoms with E-state index in [-0.39, 0.29) is 30.8 Å². The van der Waals surface area contributed by atoms with Gasteiger partial charge in [0, 0.05) is 30.5 Å². The predicted molar refractivity (Wildman–Crippen MR) is 152 cm³/mol. The third-order valence-corrected chi connectivity index (χ3v) is 7.44. The molecule has 0 spiro atoms. The molecule has 0 aliphatic heterocycles. The number of amides is 2. The Hall–Kier alpha value is -3.31. The summed E-state index contributed by atoms with van der Waals surface area (Å²) in [6.45, 7) is 0.695. The number of para-hydroxylation sites is 1. The molecule has 0 unspecified atom stereocenters. The molecule has 1 aliphatic rings. The first-order chi connectivity index (χ1) is 18.6. The van der Waals surface area contributed by atoms with Gasteiger partial charge in [-0.15, -0.1) is 0 Å². The van der Waals surface area contributed by atoms with Crippen LogP contribution in [0.25, 0.3) is 0 Å². The van der Waals surface area contributed by atoms with Crippen molar-refractivity contribution in [3.05, 3.63) is 101 Å². The molecule has 3 aromatic rings. The van der Waals surface area contributed by atoms with Crippen molar-refractivity contribution in [2.75, 3.05) is 6.61 Å². The Morgan fingerprint density at radius 2 is 1.55 bits per heavy atom. The summed E-state index contributed by atoms with van der Waals surface area (Å²) in [5, 5.41) is 3.86. The van der Waals surface area contributed by atoms with Crippen molar-refractivity contribution in [2.24, 2.45) is 0 Å². The van der Waals surface area contributed by atoms with Gasteiger partial charge in [-0.25, -0.2) is 0 Å². The zero-order valence-corrected chi connectivity index (χ0v) is 22.6. The summed E-state index contributed by atoms with van der Waals surface area (Å²) in [6, 6.07) is 26.5. The average molecular weight is 533 g/mol. The van der Waals surface area contributed by atoms with Crippen molar-refractivity contribution in [1.29, 1.82) is 0 Å². The first-order valence-electron chi connectivity index (χ1n) is 13.6. The molecule has 6 heteroatoms. The first-order valence-corrected chi connectivity index (χ1v) is 14.0. The Morgan fingerprint density at radius 3 is 2.26 bits per heavy atom. The highest BCUT2D eigenvalue weighted by Crippen LogP contribution is 2.23. The van der Waals surface area contributed by atoms with Crippen LogP contribution in [0.3, 0.4) is 0 Å². The second-order valence-electron chi connectivity index (χ2n) is 9.93. The van der Waals surface area contributed by atoms with E-state index in [0.717, 1.165) is 42.6 Å². The molecular weight excluding hydrogens is 496 g/mol. The number of nitrogens with zero attached hydrogens (tertiary/aromatic N) is 1. The molecule has 5 nitrogen and oxygen atoms in total. The van der Waals surface area contributed by atoms with Gasteiger partial charge in [0.1, 0.15) is 11.8 Å². The molecule has 0 aromatic heterocycles. The van der Waals surface area contributed by atoms with Crippen LogP contribution in [0.15, 0.2) is 84.9 Å². The van der Waals surface area contributed by atoms with Crippen LogP contribution in [0.2, 0.25) is 5.02 Å². The third-order valence-electron chi connectivity index (χ3n) is 7.07. The highest BCUT2D eigenvalue weighted by molar-refractivity contribution is 6.31. The van der Waals surface area contributed by atoms with E-state index in [4.69, 9.17) is 16.3 Å². The quantitative estimate of drug-likeness (QED) is 0.268. The normalized spacial score (nSPS) is 14.4. The standard InChI is InChI=1S/C32H37ClN2O3/c33-29-20-11-10-15-26(29)24-35(31(36)21-12-22-38-28-18-8-3-9-19-28)30(23-25-13-4-1-5-14-25)32(37)34-27-16-6-2-7-17-27/h1,3-5,8-11,13-15,18-20,27,30H,2,6-7,12,16-17,21-24H2,(H,34,37)/t30-/m0/s1. The maximum atomic E-state index is 13.8. The minimum absolute atomic E-state index is 0.0821. The summed E-state index contributed by atoms with van der Waals surface area (Å²) in [7, 11) is 0. The van der Waals surface area contributed by atoms with Crippen LogP contribution in [0.5, 0.6) is 5.75 Å². The molecule has 1 fully saturated rings. The SMILES string of the molecule is O=C(NC1CCCCC1)[C@H](Cc1ccccc1)N(Cc1ccccc1Cl)C(=O)CCCOc1ccccc1. The van der Waals surface area contributed by atoms with Gasteiger partial charge in [0.15, 0.2) is 0 Å². The van der Waals surface area contributed by atoms with E-state index in [1.54, 1.807) is 4.90 Å². The number of hydrogen-bond acceptors (Lipinski definition) is 3. The number of halogens is 1. The van der Waals surface area contributed by atoms with Gasteiger partial charge in [0.2, 0.25) is 11.8 Å². The van der Waals surface area contributed by atoms with Gasteiger partial charge in [-0.1, -0.05) is 97.6 Å². The molecule has 0 saturated heterocycles. The smallest absolute Gasteiger partial charge is 0.243 e. The Kier molecular flexibility index (Phi) is 10.6. The van der Waals surface area contributed by atoms with Crippen LogP contribution >= 0.6 is 11.6 Å². The Bertz CT molecular complexity index is 1150. The molecule has 38 heavy (non-hydrogen) atoms. The fourth-order valence-electron chi connectivity index (χ4n) is 4.98. The summed E-state index contributed by atoms with van der Waals surface area (Å²) in [5.41, 5.74) is 1.84. The Balaban J connectivity index is 1.53. The molecule has 1 saturated carbocycles. The molecule has 1 N–H and O–H groups in total. The monoisotopic (exact) mass is 532 g/mol. The topological polar surface area (TPSA) is 58.6 Å². The number of carbonyl (C=O) groups excluding carboxylic acids is 2. The predicted octanol–water partition coefficient (Wildman–Crippen LogP) is 6.59. The fourth-order valence-corrected chi connectivity index (χ4v) is 5.18. The molecule has 0 bridgehead atoms. The van der Waals surface area contributed by atoms with Crippen LogP contribution in [0.1, 0.15) is 56.1 Å². The van der Waals surface area contributed by atoms with Crippen LogP contribution in [-0.2, 0) is 22.6 Å². The number of rotatable bonds is 12. The van der Waals surface area contributed by atoms with E-state index in [0.29, 0.717) is 24.5 Å². The third kappa shape index (κ3) is 8.35. The summed E-state index contributed by atoms with van der Waals surface area (Å²) in [6.07, 6.45) is 6.69. The van der Waals surface area contributed by atoms with E-state index in [2.05, 4.69) is 5.32 Å². The Morgan fingerprint density at radius 1 is 0.895 bits per heavy atom. The number of ether oxygens (including phenoxy) is 1. The van der Waals surface area contributed by atoms with Gasteiger partial charge in [0.25, 0.3) is 0 Å². The number of carbonyl (C=O) groups is 2. The van der Waals surface area contributed by atoms with Crippen molar-refractivity contribution in [3.63, 3.8) is 0 Å². The van der Waals surface area contributed by atoms with Crippen molar-refractivity contribution in [3.8, 4) is 5.75 Å². The minimum atomic E-state index is -0.641. The zero-order chi connectivity index (χ0) is 26.6. The molecule has 4 rings (SSSR count). The van der Waals surface area contributed by atoms with Gasteiger partial charge in [-0.05, 0) is 48.6 Å². The average Bonchev–Trinajstić information content (AvgIpc) is 2.95. The van der Waals surface area contributed by atoms with Gasteiger partial charge in [-0.2, -0.15) is 0 Å². The van der Waals surface area contributed by atoms with Crippen molar-refractivity contribution < 1.29 is 14.3 Å². The van der Waals surface area contributed by atoms with Crippen LogP contribution in [-0.4, -0.2) is 35.4 Å². The van der Waals surface area contributed by atoms with Crippen LogP contribution in [0.4, 0.5) is 0 Å². The molecule has 2 amide bonds. The highest BCUT2D eigenvalue weighted by Gasteiger charge is 2.32. The summed E-state index contributed by atoms with van der Waals surface area (Å²) in [5.74, 6) is 0.602. The van der Waals surface area contributed by atoms with Crippen LogP contribution in [0, 0.1) is 0 Å². The maximum Gasteiger partial charge on any atom is 0.243 e. The molecule has 0 heterocycles. The van der Waals surface area contributed by atoms with Gasteiger partial charge >= 0.3 is 0 Å². The van der Waals surface area contributed by atoms with E-state index < -0.39 is 6.04 Å². The minimum Gasteiger partial charge on any atom is -0.494 e. The fraction of sp³-hybridized carbons (Fsp3) is 0.375. The molecular formula is C32H37ClN2O3. The van der Waals surface area contributed by atoms with Crippen molar-refractivity contribution in [1.82, 2.24) is 10.2 Å². The maximum absolute atomic E-state index is 13.8. The van der Waals surface area contributed by atoms with E-state index >= 15 is 0 Å². The van der Waals surface area contributed by atoms with E-state index in [9.17, 15) is 9.59 Å². The molecule has 3 aromatic carbocycles. The second-order valence-corrected chi connectivity index (χ2v) is 10.3. The molecule has 200 valence electrons. The highest BCUT2D eigenvalue weighted by atomic mass is 35.5. The summed E-state index contributed by atoms with van der Waals surface area (Å²) in [4.78, 5) is 29.3. The van der Waals surface area contributed by atoms with E-state index in [1.807, 2.05) is 84.9 Å². The van der Waals surface area contributed by atoms with E-state index in [1.165, 1.54) is 6.42 Å². The zero-order valence-electron chi connectivity index (χ0n) is 21.9. The lowest BCUT2D eigenvalue weighted by Crippen LogP contribution is -2.52. The number of nitrogens with one attached hydrogen (secondary N) is 1. The summed E-state index contributed by atoms with van der Waals surface area (Å²) >= 11 is 6.51. The van der Waals surface area contributed by atoms with Gasteiger partial charge in [0.05, 0.1) is 6.61 Å².